The van der Waals surface area contributed by atoms with E-state index in [0.717, 1.165) is 14.8 Å². The third kappa shape index (κ3) is 3.67. The molecule has 8 nitrogen and oxygen atoms in total. The molecule has 0 radical (unpaired) electrons. The van der Waals surface area contributed by atoms with Gasteiger partial charge in [-0.3, -0.25) is 18.7 Å². The Morgan fingerprint density at radius 1 is 1.33 bits per heavy atom. The van der Waals surface area contributed by atoms with Crippen LogP contribution < -0.4 is 17.0 Å². The van der Waals surface area contributed by atoms with Crippen LogP contribution in [0.5, 0.6) is 0 Å². The average molecular weight is 406 g/mol. The van der Waals surface area contributed by atoms with Crippen LogP contribution in [0.15, 0.2) is 32.4 Å². The number of nitrogens with two attached hydrogens (primary N) is 1. The summed E-state index contributed by atoms with van der Waals surface area (Å²) in [7, 11) is 1.35. The van der Waals surface area contributed by atoms with Gasteiger partial charge in [0.15, 0.2) is 5.78 Å². The van der Waals surface area contributed by atoms with Gasteiger partial charge in [0.2, 0.25) is 0 Å². The highest BCUT2D eigenvalue weighted by atomic mass is 32.2. The fraction of sp³-hybridized carbons (Fsp3) is 0.353. The normalized spacial score (nSPS) is 11.4. The summed E-state index contributed by atoms with van der Waals surface area (Å²) >= 11 is 2.71. The number of fused-ring (bicyclic) bond motifs is 1. The zero-order valence-corrected chi connectivity index (χ0v) is 16.8. The number of nitrogens with zero attached hydrogens (tertiary/aromatic N) is 4. The molecule has 0 aliphatic carbocycles. The molecular weight excluding hydrogens is 386 g/mol. The molecule has 0 bridgehead atoms. The van der Waals surface area contributed by atoms with Crippen LogP contribution in [0.3, 0.4) is 0 Å². The predicted molar refractivity (Wildman–Crippen MR) is 108 cm³/mol. The van der Waals surface area contributed by atoms with E-state index in [4.69, 9.17) is 5.73 Å². The molecule has 3 heterocycles. The molecule has 0 unspecified atom stereocenters. The SMILES string of the molecule is CC(C)Cn1c(N)c(C(=O)CSc2ncnc3sccc23)c(=O)n(C)c1=O. The summed E-state index contributed by atoms with van der Waals surface area (Å²) in [6.45, 7) is 4.18. The van der Waals surface area contributed by atoms with Crippen LogP contribution >= 0.6 is 23.1 Å². The van der Waals surface area contributed by atoms with Crippen molar-refractivity contribution >= 4 is 44.9 Å². The van der Waals surface area contributed by atoms with Crippen molar-refractivity contribution < 1.29 is 4.79 Å². The van der Waals surface area contributed by atoms with Crippen molar-refractivity contribution in [3.63, 3.8) is 0 Å². The molecule has 3 rings (SSSR count). The van der Waals surface area contributed by atoms with Gasteiger partial charge >= 0.3 is 5.69 Å². The maximum absolute atomic E-state index is 12.8. The number of nitrogen functional groups attached to an aromatic ring is 1. The van der Waals surface area contributed by atoms with E-state index in [-0.39, 0.29) is 23.1 Å². The average Bonchev–Trinajstić information content (AvgIpc) is 3.11. The first kappa shape index (κ1) is 19.3. The minimum absolute atomic E-state index is 0.0126. The Kier molecular flexibility index (Phi) is 5.47. The van der Waals surface area contributed by atoms with Gasteiger partial charge in [-0.05, 0) is 17.4 Å². The minimum Gasteiger partial charge on any atom is -0.384 e. The lowest BCUT2D eigenvalue weighted by molar-refractivity contribution is 0.102. The van der Waals surface area contributed by atoms with E-state index in [1.165, 1.54) is 41.0 Å². The van der Waals surface area contributed by atoms with Crippen LogP contribution in [0, 0.1) is 5.92 Å². The van der Waals surface area contributed by atoms with E-state index in [0.29, 0.717) is 11.6 Å². The number of carbonyl (C=O) groups is 1. The smallest absolute Gasteiger partial charge is 0.332 e. The van der Waals surface area contributed by atoms with Crippen LogP contribution in [-0.2, 0) is 13.6 Å². The van der Waals surface area contributed by atoms with Gasteiger partial charge in [-0.25, -0.2) is 14.8 Å². The Morgan fingerprint density at radius 2 is 2.07 bits per heavy atom. The molecule has 0 spiro atoms. The van der Waals surface area contributed by atoms with Crippen LogP contribution in [0.1, 0.15) is 24.2 Å². The number of ketones is 1. The maximum Gasteiger partial charge on any atom is 0.332 e. The first-order valence-electron chi connectivity index (χ1n) is 8.24. The van der Waals surface area contributed by atoms with E-state index in [1.54, 1.807) is 0 Å². The van der Waals surface area contributed by atoms with E-state index < -0.39 is 17.0 Å². The Balaban J connectivity index is 1.95. The summed E-state index contributed by atoms with van der Waals surface area (Å²) in [5, 5.41) is 3.44. The molecule has 0 amide bonds. The van der Waals surface area contributed by atoms with Crippen LogP contribution in [-0.4, -0.2) is 30.6 Å². The van der Waals surface area contributed by atoms with Gasteiger partial charge in [-0.15, -0.1) is 11.3 Å². The number of thioether (sulfide) groups is 1. The summed E-state index contributed by atoms with van der Waals surface area (Å²) in [4.78, 5) is 46.8. The topological polar surface area (TPSA) is 113 Å². The monoisotopic (exact) mass is 405 g/mol. The predicted octanol–water partition coefficient (Wildman–Crippen LogP) is 1.76. The number of anilines is 1. The third-order valence-corrected chi connectivity index (χ3v) is 5.80. The molecule has 0 saturated carbocycles. The zero-order valence-electron chi connectivity index (χ0n) is 15.1. The summed E-state index contributed by atoms with van der Waals surface area (Å²) in [5.41, 5.74) is 4.69. The van der Waals surface area contributed by atoms with Crippen molar-refractivity contribution in [1.29, 1.82) is 0 Å². The lowest BCUT2D eigenvalue weighted by atomic mass is 10.2. The van der Waals surface area contributed by atoms with Gasteiger partial charge in [0.25, 0.3) is 5.56 Å². The largest absolute Gasteiger partial charge is 0.384 e. The number of hydrogen-bond donors (Lipinski definition) is 1. The van der Waals surface area contributed by atoms with Gasteiger partial charge in [-0.1, -0.05) is 25.6 Å². The number of aromatic nitrogens is 4. The molecule has 10 heteroatoms. The molecule has 0 saturated heterocycles. The molecule has 0 aliphatic heterocycles. The van der Waals surface area contributed by atoms with Crippen LogP contribution in [0.2, 0.25) is 0 Å². The first-order chi connectivity index (χ1) is 12.8. The van der Waals surface area contributed by atoms with Gasteiger partial charge in [0, 0.05) is 19.0 Å². The Bertz CT molecular complexity index is 1130. The maximum atomic E-state index is 12.8. The summed E-state index contributed by atoms with van der Waals surface area (Å²) in [6.07, 6.45) is 1.45. The fourth-order valence-electron chi connectivity index (χ4n) is 2.68. The van der Waals surface area contributed by atoms with Crippen molar-refractivity contribution in [2.75, 3.05) is 11.5 Å². The standard InChI is InChI=1S/C17H19N5O3S2/c1-9(2)6-22-13(18)12(16(24)21(3)17(22)25)11(23)7-27-15-10-4-5-26-14(10)19-8-20-15/h4-5,8-9H,6-7,18H2,1-3H3. The van der Waals surface area contributed by atoms with Gasteiger partial charge in [0.1, 0.15) is 27.6 Å². The Hall–Kier alpha value is -2.46. The molecule has 142 valence electrons. The second kappa shape index (κ2) is 7.65. The number of rotatable bonds is 6. The van der Waals surface area contributed by atoms with Crippen molar-refractivity contribution in [2.24, 2.45) is 13.0 Å². The molecule has 0 aromatic carbocycles. The molecular formula is C17H19N5O3S2. The number of carbonyl (C=O) groups excluding carboxylic acids is 1. The highest BCUT2D eigenvalue weighted by molar-refractivity contribution is 8.00. The van der Waals surface area contributed by atoms with Gasteiger partial charge in [-0.2, -0.15) is 0 Å². The summed E-state index contributed by atoms with van der Waals surface area (Å²) in [6, 6.07) is 1.89. The van der Waals surface area contributed by atoms with Crippen molar-refractivity contribution in [3.8, 4) is 0 Å². The van der Waals surface area contributed by atoms with Crippen molar-refractivity contribution in [2.45, 2.75) is 25.4 Å². The first-order valence-corrected chi connectivity index (χ1v) is 10.1. The number of hydrogen-bond acceptors (Lipinski definition) is 8. The molecule has 3 aromatic heterocycles. The lowest BCUT2D eigenvalue weighted by Gasteiger charge is -2.16. The summed E-state index contributed by atoms with van der Waals surface area (Å²) in [5.74, 6) is -0.391. The fourth-order valence-corrected chi connectivity index (χ4v) is 4.33. The molecule has 3 aromatic rings. The second-order valence-corrected chi connectivity index (χ2v) is 8.30. The molecule has 0 fully saturated rings. The molecule has 0 atom stereocenters. The Morgan fingerprint density at radius 3 is 2.78 bits per heavy atom. The third-order valence-electron chi connectivity index (χ3n) is 3.97. The van der Waals surface area contributed by atoms with Gasteiger partial charge < -0.3 is 5.73 Å². The second-order valence-electron chi connectivity index (χ2n) is 6.44. The van der Waals surface area contributed by atoms with E-state index >= 15 is 0 Å². The van der Waals surface area contributed by atoms with Gasteiger partial charge in [0.05, 0.1) is 5.75 Å². The minimum atomic E-state index is -0.675. The zero-order chi connectivity index (χ0) is 19.7. The highest BCUT2D eigenvalue weighted by Crippen LogP contribution is 2.28. The van der Waals surface area contributed by atoms with E-state index in [2.05, 4.69) is 9.97 Å². The quantitative estimate of drug-likeness (QED) is 0.378. The summed E-state index contributed by atoms with van der Waals surface area (Å²) < 4.78 is 2.21. The lowest BCUT2D eigenvalue weighted by Crippen LogP contribution is -2.43. The molecule has 2 N–H and O–H groups in total. The van der Waals surface area contributed by atoms with Crippen LogP contribution in [0.25, 0.3) is 10.2 Å². The number of Topliss-reactive ketones (excluding diaryl/α,β-unsaturated/α-hetero) is 1. The molecule has 27 heavy (non-hydrogen) atoms. The molecule has 0 aliphatic rings. The van der Waals surface area contributed by atoms with Crippen LogP contribution in [0.4, 0.5) is 5.82 Å². The van der Waals surface area contributed by atoms with E-state index in [9.17, 15) is 14.4 Å². The number of thiophene rings is 1. The van der Waals surface area contributed by atoms with Crippen molar-refractivity contribution in [1.82, 2.24) is 19.1 Å². The Labute approximate surface area is 163 Å². The van der Waals surface area contributed by atoms with Crippen molar-refractivity contribution in [3.05, 3.63) is 44.2 Å². The van der Waals surface area contributed by atoms with E-state index in [1.807, 2.05) is 25.3 Å². The highest BCUT2D eigenvalue weighted by Gasteiger charge is 2.22.